The molecule has 3 heteroatoms. The maximum Gasteiger partial charge on any atom is 0.0561 e. The second-order valence-corrected chi connectivity index (χ2v) is 19.0. The molecule has 1 aliphatic rings. The zero-order valence-electron chi connectivity index (χ0n) is 37.1. The number of hydrogen-bond acceptors (Lipinski definition) is 0. The summed E-state index contributed by atoms with van der Waals surface area (Å²) in [5.41, 5.74) is 23.6. The Hall–Kier alpha value is -7.62. The molecular weight excluding hydrogens is 775 g/mol. The van der Waals surface area contributed by atoms with E-state index in [1.165, 1.54) is 127 Å². The van der Waals surface area contributed by atoms with Gasteiger partial charge < -0.3 is 13.7 Å². The molecule has 0 fully saturated rings. The Bertz CT molecular complexity index is 3840. The number of para-hydroxylation sites is 1. The summed E-state index contributed by atoms with van der Waals surface area (Å²) in [7, 11) is 0. The predicted molar refractivity (Wildman–Crippen MR) is 271 cm³/mol. The summed E-state index contributed by atoms with van der Waals surface area (Å²) in [6.45, 7) is 13.5. The second kappa shape index (κ2) is 13.2. The van der Waals surface area contributed by atoms with Gasteiger partial charge in [-0.15, -0.1) is 0 Å². The van der Waals surface area contributed by atoms with Gasteiger partial charge in [-0.3, -0.25) is 0 Å². The first-order valence-corrected chi connectivity index (χ1v) is 22.6. The first-order chi connectivity index (χ1) is 31.1. The molecule has 306 valence electrons. The molecule has 0 saturated heterocycles. The number of rotatable bonds is 4. The van der Waals surface area contributed by atoms with Crippen LogP contribution in [0.5, 0.6) is 0 Å². The summed E-state index contributed by atoms with van der Waals surface area (Å²) in [6, 6.07) is 66.7. The van der Waals surface area contributed by atoms with Crippen LogP contribution in [0, 0.1) is 27.7 Å². The van der Waals surface area contributed by atoms with Gasteiger partial charge in [0.15, 0.2) is 0 Å². The van der Waals surface area contributed by atoms with Crippen molar-refractivity contribution in [1.29, 1.82) is 0 Å². The van der Waals surface area contributed by atoms with Crippen LogP contribution < -0.4 is 0 Å². The van der Waals surface area contributed by atoms with E-state index in [0.29, 0.717) is 0 Å². The topological polar surface area (TPSA) is 14.8 Å². The smallest absolute Gasteiger partial charge is 0.0561 e. The molecule has 0 unspecified atom stereocenters. The van der Waals surface area contributed by atoms with E-state index in [9.17, 15) is 0 Å². The normalized spacial score (nSPS) is 13.3. The van der Waals surface area contributed by atoms with Crippen LogP contribution in [-0.2, 0) is 5.41 Å². The molecule has 0 spiro atoms. The molecule has 0 aliphatic heterocycles. The Balaban J connectivity index is 0.949. The molecule has 1 aliphatic carbocycles. The molecule has 0 amide bonds. The van der Waals surface area contributed by atoms with Crippen molar-refractivity contribution in [3.05, 3.63) is 209 Å². The molecule has 0 radical (unpaired) electrons. The zero-order valence-corrected chi connectivity index (χ0v) is 37.1. The highest BCUT2D eigenvalue weighted by atomic mass is 15.0. The molecule has 64 heavy (non-hydrogen) atoms. The maximum absolute atomic E-state index is 2.46. The van der Waals surface area contributed by atoms with Crippen molar-refractivity contribution in [2.24, 2.45) is 0 Å². The fraction of sp³-hybridized carbons (Fsp3) is 0.115. The third kappa shape index (κ3) is 5.21. The highest BCUT2D eigenvalue weighted by molar-refractivity contribution is 6.13. The number of nitrogens with zero attached hydrogens (tertiary/aromatic N) is 3. The van der Waals surface area contributed by atoms with E-state index < -0.39 is 0 Å². The first-order valence-electron chi connectivity index (χ1n) is 22.6. The summed E-state index contributed by atoms with van der Waals surface area (Å²) < 4.78 is 7.37. The van der Waals surface area contributed by atoms with Gasteiger partial charge in [-0.1, -0.05) is 115 Å². The third-order valence-corrected chi connectivity index (χ3v) is 14.4. The van der Waals surface area contributed by atoms with Crippen LogP contribution in [0.15, 0.2) is 176 Å². The standard InChI is InChI=1S/C61H47N3/c1-36-12-24-55-49(28-36)50-29-37(2)13-25-56(50)63(55)43-18-22-46-45-20-16-40(32-53(45)61(5,6)54(46)34-43)41-17-21-47-48-23-19-44(35-60(48)62(59(47)33-41)42-10-8-7-9-11-42)64-57-26-14-38(3)30-51(57)52-31-39(4)15-27-58(52)64/h7-35H,1-6H3. The quantitative estimate of drug-likeness (QED) is 0.168. The molecule has 3 heterocycles. The lowest BCUT2D eigenvalue weighted by molar-refractivity contribution is 0.660. The van der Waals surface area contributed by atoms with E-state index in [0.717, 1.165) is 11.4 Å². The molecule has 0 atom stereocenters. The molecule has 0 saturated carbocycles. The van der Waals surface area contributed by atoms with Crippen LogP contribution in [0.3, 0.4) is 0 Å². The maximum atomic E-state index is 2.46. The molecule has 3 aromatic heterocycles. The van der Waals surface area contributed by atoms with Crippen molar-refractivity contribution in [2.75, 3.05) is 0 Å². The first kappa shape index (κ1) is 37.0. The van der Waals surface area contributed by atoms with E-state index in [1.807, 2.05) is 0 Å². The van der Waals surface area contributed by atoms with Crippen LogP contribution in [0.4, 0.5) is 0 Å². The molecule has 9 aromatic carbocycles. The molecule has 12 aromatic rings. The van der Waals surface area contributed by atoms with E-state index >= 15 is 0 Å². The number of benzene rings is 9. The van der Waals surface area contributed by atoms with Crippen molar-refractivity contribution in [3.8, 4) is 39.3 Å². The van der Waals surface area contributed by atoms with E-state index in [1.54, 1.807) is 0 Å². The third-order valence-electron chi connectivity index (χ3n) is 14.4. The monoisotopic (exact) mass is 821 g/mol. The lowest BCUT2D eigenvalue weighted by Crippen LogP contribution is -2.15. The van der Waals surface area contributed by atoms with E-state index in [-0.39, 0.29) is 5.41 Å². The van der Waals surface area contributed by atoms with Crippen LogP contribution in [-0.4, -0.2) is 13.7 Å². The summed E-state index contributed by atoms with van der Waals surface area (Å²) in [5, 5.41) is 7.70. The van der Waals surface area contributed by atoms with Crippen molar-refractivity contribution < 1.29 is 0 Å². The summed E-state index contributed by atoms with van der Waals surface area (Å²) in [4.78, 5) is 0. The highest BCUT2D eigenvalue weighted by Gasteiger charge is 2.36. The van der Waals surface area contributed by atoms with Gasteiger partial charge in [0.2, 0.25) is 0 Å². The van der Waals surface area contributed by atoms with Crippen molar-refractivity contribution in [3.63, 3.8) is 0 Å². The minimum Gasteiger partial charge on any atom is -0.309 e. The number of aryl methyl sites for hydroxylation is 4. The minimum atomic E-state index is -0.188. The van der Waals surface area contributed by atoms with Crippen molar-refractivity contribution >= 4 is 65.4 Å². The van der Waals surface area contributed by atoms with Gasteiger partial charge in [0.1, 0.15) is 0 Å². The Kier molecular flexibility index (Phi) is 7.63. The van der Waals surface area contributed by atoms with Crippen LogP contribution in [0.25, 0.3) is 105 Å². The van der Waals surface area contributed by atoms with Crippen LogP contribution in [0.1, 0.15) is 47.2 Å². The number of aromatic nitrogens is 3. The summed E-state index contributed by atoms with van der Waals surface area (Å²) >= 11 is 0. The van der Waals surface area contributed by atoms with Crippen LogP contribution >= 0.6 is 0 Å². The molecular formula is C61H47N3. The van der Waals surface area contributed by atoms with E-state index in [4.69, 9.17) is 0 Å². The van der Waals surface area contributed by atoms with Crippen molar-refractivity contribution in [2.45, 2.75) is 47.0 Å². The zero-order chi connectivity index (χ0) is 43.2. The summed E-state index contributed by atoms with van der Waals surface area (Å²) in [5.74, 6) is 0. The number of fused-ring (bicyclic) bond motifs is 12. The van der Waals surface area contributed by atoms with Gasteiger partial charge in [0.05, 0.1) is 33.1 Å². The fourth-order valence-electron chi connectivity index (χ4n) is 11.3. The van der Waals surface area contributed by atoms with Gasteiger partial charge in [-0.25, -0.2) is 0 Å². The lowest BCUT2D eigenvalue weighted by Gasteiger charge is -2.23. The Morgan fingerprint density at radius 1 is 0.297 bits per heavy atom. The Labute approximate surface area is 373 Å². The molecule has 13 rings (SSSR count). The second-order valence-electron chi connectivity index (χ2n) is 19.0. The largest absolute Gasteiger partial charge is 0.309 e. The highest BCUT2D eigenvalue weighted by Crippen LogP contribution is 2.51. The van der Waals surface area contributed by atoms with Gasteiger partial charge in [0, 0.05) is 54.8 Å². The Morgan fingerprint density at radius 2 is 0.703 bits per heavy atom. The average molecular weight is 822 g/mol. The van der Waals surface area contributed by atoms with E-state index in [2.05, 4.69) is 231 Å². The van der Waals surface area contributed by atoms with Crippen LogP contribution in [0.2, 0.25) is 0 Å². The Morgan fingerprint density at radius 3 is 1.25 bits per heavy atom. The fourth-order valence-corrected chi connectivity index (χ4v) is 11.3. The molecule has 0 N–H and O–H groups in total. The molecule has 0 bridgehead atoms. The van der Waals surface area contributed by atoms with Crippen molar-refractivity contribution in [1.82, 2.24) is 13.7 Å². The molecule has 3 nitrogen and oxygen atoms in total. The van der Waals surface area contributed by atoms with Gasteiger partial charge in [-0.05, 0) is 158 Å². The predicted octanol–water partition coefficient (Wildman–Crippen LogP) is 16.2. The minimum absolute atomic E-state index is 0.188. The average Bonchev–Trinajstić information content (AvgIpc) is 3.98. The summed E-state index contributed by atoms with van der Waals surface area (Å²) in [6.07, 6.45) is 0. The SMILES string of the molecule is Cc1ccc2c(c1)c1cc(C)ccc1n2-c1ccc2c(c1)C(C)(C)c1cc(-c3ccc4c5ccc(-n6c7ccc(C)cc7c7cc(C)ccc76)cc5n(-c5ccccc5)c4c3)ccc1-2. The lowest BCUT2D eigenvalue weighted by atomic mass is 9.81. The van der Waals surface area contributed by atoms with Gasteiger partial charge >= 0.3 is 0 Å². The van der Waals surface area contributed by atoms with Gasteiger partial charge in [0.25, 0.3) is 0 Å². The number of hydrogen-bond donors (Lipinski definition) is 0. The van der Waals surface area contributed by atoms with Gasteiger partial charge in [-0.2, -0.15) is 0 Å².